The first-order valence-electron chi connectivity index (χ1n) is 19.5. The van der Waals surface area contributed by atoms with Gasteiger partial charge in [0.1, 0.15) is 6.04 Å². The average molecular weight is 835 g/mol. The molecule has 1 fully saturated rings. The Labute approximate surface area is 347 Å². The summed E-state index contributed by atoms with van der Waals surface area (Å²) in [6.07, 6.45) is 1.75. The van der Waals surface area contributed by atoms with Crippen LogP contribution in [-0.2, 0) is 35.0 Å². The van der Waals surface area contributed by atoms with Gasteiger partial charge >= 0.3 is 6.09 Å². The molecule has 18 heteroatoms. The number of amides is 4. The molecule has 6 N–H and O–H groups in total. The molecular weight excluding hydrogens is 784 g/mol. The van der Waals surface area contributed by atoms with E-state index in [0.717, 1.165) is 16.7 Å². The zero-order chi connectivity index (χ0) is 41.8. The summed E-state index contributed by atoms with van der Waals surface area (Å²) >= 11 is 6.67. The summed E-state index contributed by atoms with van der Waals surface area (Å²) in [5.74, 6) is -0.601. The second-order valence-electron chi connectivity index (χ2n) is 13.9. The van der Waals surface area contributed by atoms with Gasteiger partial charge in [-0.2, -0.15) is 5.21 Å². The molecule has 59 heavy (non-hydrogen) atoms. The Morgan fingerprint density at radius 3 is 2.12 bits per heavy atom. The lowest BCUT2D eigenvalue weighted by atomic mass is 9.81. The van der Waals surface area contributed by atoms with Crippen LogP contribution < -0.4 is 21.3 Å². The van der Waals surface area contributed by atoms with E-state index in [0.29, 0.717) is 113 Å². The maximum absolute atomic E-state index is 13.8. The minimum Gasteiger partial charge on any atom is -0.465 e. The first-order chi connectivity index (χ1) is 28.7. The average Bonchev–Trinajstić information content (AvgIpc) is 3.79. The monoisotopic (exact) mass is 834 g/mol. The van der Waals surface area contributed by atoms with E-state index in [1.54, 1.807) is 49.6 Å². The zero-order valence-corrected chi connectivity index (χ0v) is 33.7. The number of hydrogen-bond donors (Lipinski definition) is 6. The molecule has 0 saturated heterocycles. The van der Waals surface area contributed by atoms with Crippen molar-refractivity contribution < 1.29 is 43.2 Å². The van der Waals surface area contributed by atoms with Crippen LogP contribution in [0.2, 0.25) is 5.02 Å². The molecule has 0 aliphatic heterocycles. The molecule has 0 spiro atoms. The number of tetrazole rings is 1. The normalized spacial score (nSPS) is 15.6. The smallest absolute Gasteiger partial charge is 0.404 e. The predicted molar refractivity (Wildman–Crippen MR) is 219 cm³/mol. The fraction of sp³-hybridized carbons (Fsp3) is 0.439. The maximum Gasteiger partial charge on any atom is 0.404 e. The van der Waals surface area contributed by atoms with Crippen molar-refractivity contribution in [1.82, 2.24) is 36.6 Å². The van der Waals surface area contributed by atoms with Gasteiger partial charge in [-0.25, -0.2) is 4.79 Å². The van der Waals surface area contributed by atoms with Crippen LogP contribution in [0.25, 0.3) is 22.5 Å². The Hall–Kier alpha value is -5.46. The van der Waals surface area contributed by atoms with E-state index in [-0.39, 0.29) is 36.0 Å². The number of carbonyl (C=O) groups is 4. The van der Waals surface area contributed by atoms with Gasteiger partial charge in [0.2, 0.25) is 17.6 Å². The molecule has 3 aromatic carbocycles. The SMILES string of the molecule is COCCOCCOCCOCCNC(=O)c1ccc(-c2ccc(C[C@H](NC(=O)C3CCC(CNC(=O)O)CC3)C(=O)Nc3ccc(-c4nn[nH]n4)cc3)cc2)c(Cl)c1. The van der Waals surface area contributed by atoms with Crippen molar-refractivity contribution in [2.45, 2.75) is 38.1 Å². The number of benzene rings is 3. The van der Waals surface area contributed by atoms with Crippen LogP contribution in [0.15, 0.2) is 66.7 Å². The highest BCUT2D eigenvalue weighted by Gasteiger charge is 2.30. The first kappa shape index (κ1) is 44.6. The van der Waals surface area contributed by atoms with Gasteiger partial charge in [0.05, 0.1) is 46.2 Å². The molecule has 316 valence electrons. The number of anilines is 1. The molecule has 1 heterocycles. The minimum atomic E-state index is -1.06. The summed E-state index contributed by atoms with van der Waals surface area (Å²) < 4.78 is 21.2. The lowest BCUT2D eigenvalue weighted by Gasteiger charge is -2.29. The molecule has 1 aliphatic rings. The van der Waals surface area contributed by atoms with E-state index < -0.39 is 12.1 Å². The number of carbonyl (C=O) groups excluding carboxylic acids is 3. The fourth-order valence-electron chi connectivity index (χ4n) is 6.54. The van der Waals surface area contributed by atoms with E-state index in [1.165, 1.54) is 0 Å². The van der Waals surface area contributed by atoms with E-state index in [2.05, 4.69) is 41.9 Å². The number of halogens is 1. The third-order valence-corrected chi connectivity index (χ3v) is 10.1. The van der Waals surface area contributed by atoms with E-state index in [9.17, 15) is 19.2 Å². The first-order valence-corrected chi connectivity index (χ1v) is 19.9. The van der Waals surface area contributed by atoms with Crippen molar-refractivity contribution in [2.24, 2.45) is 11.8 Å². The van der Waals surface area contributed by atoms with Gasteiger partial charge in [-0.15, -0.1) is 10.2 Å². The second-order valence-corrected chi connectivity index (χ2v) is 14.4. The quantitative estimate of drug-likeness (QED) is 0.0574. The summed E-state index contributed by atoms with van der Waals surface area (Å²) in [5, 5.41) is 34.5. The fourth-order valence-corrected chi connectivity index (χ4v) is 6.83. The van der Waals surface area contributed by atoms with Gasteiger partial charge in [0.25, 0.3) is 5.91 Å². The molecule has 1 aromatic heterocycles. The van der Waals surface area contributed by atoms with Crippen LogP contribution in [0.1, 0.15) is 41.6 Å². The molecule has 0 radical (unpaired) electrons. The molecular formula is C41H51ClN8O9. The highest BCUT2D eigenvalue weighted by Crippen LogP contribution is 2.31. The van der Waals surface area contributed by atoms with Crippen molar-refractivity contribution in [2.75, 3.05) is 71.8 Å². The minimum absolute atomic E-state index is 0.162. The van der Waals surface area contributed by atoms with Gasteiger partial charge in [0, 0.05) is 59.9 Å². The number of rotatable bonds is 23. The molecule has 4 amide bonds. The van der Waals surface area contributed by atoms with E-state index in [4.69, 9.17) is 35.7 Å². The lowest BCUT2D eigenvalue weighted by Crippen LogP contribution is -2.48. The Bertz CT molecular complexity index is 1930. The van der Waals surface area contributed by atoms with Crippen LogP contribution in [0.3, 0.4) is 0 Å². The van der Waals surface area contributed by atoms with E-state index in [1.807, 2.05) is 24.3 Å². The molecule has 1 aliphatic carbocycles. The highest BCUT2D eigenvalue weighted by molar-refractivity contribution is 6.33. The maximum atomic E-state index is 13.8. The van der Waals surface area contributed by atoms with Crippen LogP contribution >= 0.6 is 11.6 Å². The van der Waals surface area contributed by atoms with Crippen molar-refractivity contribution >= 4 is 41.1 Å². The molecule has 5 rings (SSSR count). The van der Waals surface area contributed by atoms with Crippen molar-refractivity contribution in [1.29, 1.82) is 0 Å². The number of nitrogens with zero attached hydrogens (tertiary/aromatic N) is 3. The van der Waals surface area contributed by atoms with Gasteiger partial charge in [-0.1, -0.05) is 41.9 Å². The van der Waals surface area contributed by atoms with Gasteiger partial charge in [-0.3, -0.25) is 14.4 Å². The van der Waals surface area contributed by atoms with Crippen LogP contribution in [0.5, 0.6) is 0 Å². The lowest BCUT2D eigenvalue weighted by molar-refractivity contribution is -0.130. The zero-order valence-electron chi connectivity index (χ0n) is 32.9. The van der Waals surface area contributed by atoms with Crippen LogP contribution in [0, 0.1) is 11.8 Å². The number of aromatic amines is 1. The van der Waals surface area contributed by atoms with Crippen molar-refractivity contribution in [3.05, 3.63) is 82.9 Å². The third kappa shape index (κ3) is 14.7. The van der Waals surface area contributed by atoms with Gasteiger partial charge < -0.3 is 45.3 Å². The number of hydrogen-bond acceptors (Lipinski definition) is 11. The number of carboxylic acid groups (broad SMARTS) is 1. The molecule has 4 aromatic rings. The summed E-state index contributed by atoms with van der Waals surface area (Å²) in [7, 11) is 1.62. The van der Waals surface area contributed by atoms with Gasteiger partial charge in [-0.05, 0) is 84.3 Å². The molecule has 1 atom stereocenters. The third-order valence-electron chi connectivity index (χ3n) is 9.79. The summed E-state index contributed by atoms with van der Waals surface area (Å²) in [5.41, 5.74) is 3.99. The second kappa shape index (κ2) is 23.8. The Morgan fingerprint density at radius 1 is 0.831 bits per heavy atom. The molecule has 0 unspecified atom stereocenters. The van der Waals surface area contributed by atoms with Crippen LogP contribution in [0.4, 0.5) is 10.5 Å². The molecule has 17 nitrogen and oxygen atoms in total. The number of aromatic nitrogens is 4. The van der Waals surface area contributed by atoms with Gasteiger partial charge in [0.15, 0.2) is 0 Å². The number of H-pyrrole nitrogens is 1. The standard InChI is InChI=1S/C41H51ClN8O9/c1-56-18-19-58-22-23-59-21-20-57-17-16-43-38(51)32-12-15-34(35(42)25-32)29-6-2-27(3-7-29)24-36(46-39(52)31-8-4-28(5-9-31)26-44-41(54)55)40(53)45-33-13-10-30(11-14-33)37-47-49-50-48-37/h2-3,6-7,10-15,25,28,31,36,44H,4-5,8-9,16-24,26H2,1H3,(H,43,51)(H,45,53)(H,46,52)(H,54,55)(H,47,48,49,50)/t28?,31?,36-/m0/s1. The number of ether oxygens (including phenoxy) is 4. The van der Waals surface area contributed by atoms with Crippen molar-refractivity contribution in [3.8, 4) is 22.5 Å². The summed E-state index contributed by atoms with van der Waals surface area (Å²) in [4.78, 5) is 51.0. The number of nitrogens with one attached hydrogen (secondary N) is 5. The van der Waals surface area contributed by atoms with Crippen LogP contribution in [-0.4, -0.2) is 122 Å². The summed E-state index contributed by atoms with van der Waals surface area (Å²) in [6.45, 7) is 3.83. The Kier molecular flexibility index (Phi) is 18.0. The Morgan fingerprint density at radius 2 is 1.49 bits per heavy atom. The number of methoxy groups -OCH3 is 1. The highest BCUT2D eigenvalue weighted by atomic mass is 35.5. The van der Waals surface area contributed by atoms with E-state index >= 15 is 0 Å². The summed E-state index contributed by atoms with van der Waals surface area (Å²) in [6, 6.07) is 18.7. The molecule has 1 saturated carbocycles. The van der Waals surface area contributed by atoms with Crippen molar-refractivity contribution in [3.63, 3.8) is 0 Å². The largest absolute Gasteiger partial charge is 0.465 e. The topological polar surface area (TPSA) is 228 Å². The molecule has 0 bridgehead atoms. The predicted octanol–water partition coefficient (Wildman–Crippen LogP) is 4.35. The Balaban J connectivity index is 1.14.